The molecule has 0 aliphatic heterocycles. The zero-order valence-corrected chi connectivity index (χ0v) is 15.9. The van der Waals surface area contributed by atoms with Crippen molar-refractivity contribution in [3.63, 3.8) is 0 Å². The molecule has 1 aromatic heterocycles. The number of aromatic nitrogens is 2. The number of amides is 2. The lowest BCUT2D eigenvalue weighted by Crippen LogP contribution is -2.43. The summed E-state index contributed by atoms with van der Waals surface area (Å²) in [7, 11) is 0. The van der Waals surface area contributed by atoms with Gasteiger partial charge in [-0.2, -0.15) is 5.10 Å². The Kier molecular flexibility index (Phi) is 6.29. The highest BCUT2D eigenvalue weighted by molar-refractivity contribution is 6.30. The summed E-state index contributed by atoms with van der Waals surface area (Å²) in [6.07, 6.45) is 3.76. The molecule has 0 fully saturated rings. The zero-order valence-electron chi connectivity index (χ0n) is 15.2. The second-order valence-electron chi connectivity index (χ2n) is 5.90. The molecule has 1 heterocycles. The van der Waals surface area contributed by atoms with Gasteiger partial charge in [-0.15, -0.1) is 0 Å². The number of hydrogen-bond donors (Lipinski definition) is 2. The Morgan fingerprint density at radius 1 is 1.11 bits per heavy atom. The Balaban J connectivity index is 1.51. The fourth-order valence-electron chi connectivity index (χ4n) is 2.49. The summed E-state index contributed by atoms with van der Waals surface area (Å²) in [4.78, 5) is 24.1. The van der Waals surface area contributed by atoms with E-state index in [0.29, 0.717) is 16.3 Å². The molecular weight excluding hydrogens is 380 g/mol. The molecule has 0 aliphatic carbocycles. The standard InChI is InChI=1S/C20H19ClN4O3/c1-2-14-5-3-4-6-18(14)28-13-19(26)23-24-20(27)15-11-22-25(12-15)17-9-7-16(21)8-10-17/h3-12H,2,13H2,1H3,(H,23,26)(H,24,27). The molecule has 0 atom stereocenters. The predicted octanol–water partition coefficient (Wildman–Crippen LogP) is 2.93. The molecule has 2 N–H and O–H groups in total. The van der Waals surface area contributed by atoms with Gasteiger partial charge in [0.15, 0.2) is 6.61 Å². The van der Waals surface area contributed by atoms with Gasteiger partial charge in [-0.3, -0.25) is 20.4 Å². The van der Waals surface area contributed by atoms with Crippen LogP contribution in [0, 0.1) is 0 Å². The van der Waals surface area contributed by atoms with Crippen LogP contribution in [0.15, 0.2) is 60.9 Å². The highest BCUT2D eigenvalue weighted by Crippen LogP contribution is 2.18. The van der Waals surface area contributed by atoms with Gasteiger partial charge in [0.05, 0.1) is 17.4 Å². The normalized spacial score (nSPS) is 10.4. The Bertz CT molecular complexity index is 970. The van der Waals surface area contributed by atoms with E-state index in [4.69, 9.17) is 16.3 Å². The molecule has 144 valence electrons. The third-order valence-corrected chi connectivity index (χ3v) is 4.22. The predicted molar refractivity (Wildman–Crippen MR) is 105 cm³/mol. The van der Waals surface area contributed by atoms with E-state index in [0.717, 1.165) is 17.7 Å². The average molecular weight is 399 g/mol. The summed E-state index contributed by atoms with van der Waals surface area (Å²) in [6, 6.07) is 14.5. The summed E-state index contributed by atoms with van der Waals surface area (Å²) in [5.74, 6) is -0.303. The molecule has 0 radical (unpaired) electrons. The Hall–Kier alpha value is -3.32. The fraction of sp³-hybridized carbons (Fsp3) is 0.150. The number of halogens is 1. The number of hydrogen-bond acceptors (Lipinski definition) is 4. The van der Waals surface area contributed by atoms with E-state index in [1.165, 1.54) is 10.9 Å². The smallest absolute Gasteiger partial charge is 0.276 e. The number of para-hydroxylation sites is 1. The van der Waals surface area contributed by atoms with Crippen LogP contribution < -0.4 is 15.6 Å². The van der Waals surface area contributed by atoms with E-state index in [9.17, 15) is 9.59 Å². The van der Waals surface area contributed by atoms with E-state index < -0.39 is 11.8 Å². The van der Waals surface area contributed by atoms with E-state index in [1.54, 1.807) is 36.5 Å². The van der Waals surface area contributed by atoms with Crippen LogP contribution in [0.3, 0.4) is 0 Å². The molecule has 3 aromatic rings. The summed E-state index contributed by atoms with van der Waals surface area (Å²) >= 11 is 5.86. The van der Waals surface area contributed by atoms with Crippen LogP contribution in [0.1, 0.15) is 22.8 Å². The maximum absolute atomic E-state index is 12.2. The maximum atomic E-state index is 12.2. The molecule has 28 heavy (non-hydrogen) atoms. The number of nitrogens with zero attached hydrogens (tertiary/aromatic N) is 2. The summed E-state index contributed by atoms with van der Waals surface area (Å²) in [6.45, 7) is 1.80. The van der Waals surface area contributed by atoms with Gasteiger partial charge in [-0.1, -0.05) is 36.7 Å². The molecule has 0 aliphatic rings. The number of aryl methyl sites for hydroxylation is 1. The molecule has 0 saturated carbocycles. The molecule has 2 amide bonds. The van der Waals surface area contributed by atoms with E-state index in [1.807, 2.05) is 25.1 Å². The fourth-order valence-corrected chi connectivity index (χ4v) is 2.62. The minimum absolute atomic E-state index is 0.207. The maximum Gasteiger partial charge on any atom is 0.276 e. The van der Waals surface area contributed by atoms with Crippen molar-refractivity contribution in [3.8, 4) is 11.4 Å². The Labute approximate surface area is 167 Å². The topological polar surface area (TPSA) is 85.2 Å². The van der Waals surface area contributed by atoms with Crippen LogP contribution >= 0.6 is 11.6 Å². The largest absolute Gasteiger partial charge is 0.483 e. The number of ether oxygens (including phenoxy) is 1. The van der Waals surface area contributed by atoms with Gasteiger partial charge in [0, 0.05) is 11.2 Å². The van der Waals surface area contributed by atoms with Crippen LogP contribution in [0.5, 0.6) is 5.75 Å². The number of nitrogens with one attached hydrogen (secondary N) is 2. The first-order chi connectivity index (χ1) is 13.6. The number of hydrazine groups is 1. The first kappa shape index (κ1) is 19.4. The van der Waals surface area contributed by atoms with Crippen LogP contribution in [0.2, 0.25) is 5.02 Å². The first-order valence-electron chi connectivity index (χ1n) is 8.67. The highest BCUT2D eigenvalue weighted by atomic mass is 35.5. The summed E-state index contributed by atoms with van der Waals surface area (Å²) < 4.78 is 7.05. The van der Waals surface area contributed by atoms with Gasteiger partial charge < -0.3 is 4.74 Å². The van der Waals surface area contributed by atoms with Crippen LogP contribution in [0.25, 0.3) is 5.69 Å². The highest BCUT2D eigenvalue weighted by Gasteiger charge is 2.11. The second-order valence-corrected chi connectivity index (χ2v) is 6.34. The van der Waals surface area contributed by atoms with Gasteiger partial charge in [0.1, 0.15) is 5.75 Å². The third-order valence-electron chi connectivity index (χ3n) is 3.96. The molecule has 8 heteroatoms. The summed E-state index contributed by atoms with van der Waals surface area (Å²) in [5, 5.41) is 4.75. The summed E-state index contributed by atoms with van der Waals surface area (Å²) in [5.41, 5.74) is 6.74. The number of rotatable bonds is 6. The van der Waals surface area contributed by atoms with E-state index in [-0.39, 0.29) is 6.61 Å². The van der Waals surface area contributed by atoms with Gasteiger partial charge in [0.25, 0.3) is 11.8 Å². The number of carbonyl (C=O) groups excluding carboxylic acids is 2. The van der Waals surface area contributed by atoms with Crippen molar-refractivity contribution in [1.82, 2.24) is 20.6 Å². The van der Waals surface area contributed by atoms with Crippen molar-refractivity contribution in [3.05, 3.63) is 77.1 Å². The lowest BCUT2D eigenvalue weighted by Gasteiger charge is -2.10. The minimum atomic E-state index is -0.484. The van der Waals surface area contributed by atoms with Crippen molar-refractivity contribution in [1.29, 1.82) is 0 Å². The van der Waals surface area contributed by atoms with Gasteiger partial charge >= 0.3 is 0 Å². The second kappa shape index (κ2) is 9.05. The van der Waals surface area contributed by atoms with Crippen LogP contribution in [-0.2, 0) is 11.2 Å². The van der Waals surface area contributed by atoms with E-state index >= 15 is 0 Å². The Morgan fingerprint density at radius 2 is 1.86 bits per heavy atom. The quantitative estimate of drug-likeness (QED) is 0.625. The van der Waals surface area contributed by atoms with Gasteiger partial charge in [-0.05, 0) is 42.3 Å². The van der Waals surface area contributed by atoms with Crippen LogP contribution in [0.4, 0.5) is 0 Å². The van der Waals surface area contributed by atoms with Crippen molar-refractivity contribution in [2.75, 3.05) is 6.61 Å². The van der Waals surface area contributed by atoms with Crippen molar-refractivity contribution in [2.24, 2.45) is 0 Å². The average Bonchev–Trinajstić information content (AvgIpc) is 3.21. The van der Waals surface area contributed by atoms with Crippen molar-refractivity contribution < 1.29 is 14.3 Å². The van der Waals surface area contributed by atoms with Gasteiger partial charge in [-0.25, -0.2) is 4.68 Å². The number of carbonyl (C=O) groups is 2. The lowest BCUT2D eigenvalue weighted by molar-refractivity contribution is -0.123. The number of benzene rings is 2. The SMILES string of the molecule is CCc1ccccc1OCC(=O)NNC(=O)c1cnn(-c2ccc(Cl)cc2)c1. The van der Waals surface area contributed by atoms with Crippen LogP contribution in [-0.4, -0.2) is 28.2 Å². The molecule has 3 rings (SSSR count). The zero-order chi connectivity index (χ0) is 19.9. The molecule has 0 spiro atoms. The Morgan fingerprint density at radius 3 is 2.61 bits per heavy atom. The molecular formula is C20H19ClN4O3. The first-order valence-corrected chi connectivity index (χ1v) is 9.05. The van der Waals surface area contributed by atoms with E-state index in [2.05, 4.69) is 16.0 Å². The minimum Gasteiger partial charge on any atom is -0.483 e. The lowest BCUT2D eigenvalue weighted by atomic mass is 10.1. The molecule has 0 saturated heterocycles. The van der Waals surface area contributed by atoms with Crippen molar-refractivity contribution >= 4 is 23.4 Å². The molecule has 0 bridgehead atoms. The van der Waals surface area contributed by atoms with Gasteiger partial charge in [0.2, 0.25) is 0 Å². The van der Waals surface area contributed by atoms with Crippen molar-refractivity contribution in [2.45, 2.75) is 13.3 Å². The molecule has 0 unspecified atom stereocenters. The monoisotopic (exact) mass is 398 g/mol. The molecule has 2 aromatic carbocycles. The third kappa shape index (κ3) is 4.89. The molecule has 7 nitrogen and oxygen atoms in total.